The minimum atomic E-state index is -3.74. The Balaban J connectivity index is 2.18. The number of carbonyl (C=O) groups excluding carboxylic acids is 1. The number of aryl methyl sites for hydroxylation is 2. The molecule has 0 heterocycles. The molecular formula is C24H34N2O4S. The van der Waals surface area contributed by atoms with Crippen LogP contribution < -0.4 is 10.1 Å². The smallest absolute Gasteiger partial charge is 0.251 e. The van der Waals surface area contributed by atoms with Gasteiger partial charge in [0, 0.05) is 26.2 Å². The van der Waals surface area contributed by atoms with Crippen LogP contribution in [0, 0.1) is 13.8 Å². The molecule has 31 heavy (non-hydrogen) atoms. The Hall–Kier alpha value is -2.38. The fourth-order valence-corrected chi connectivity index (χ4v) is 4.51. The number of hydrogen-bond acceptors (Lipinski definition) is 4. The van der Waals surface area contributed by atoms with E-state index < -0.39 is 10.0 Å². The van der Waals surface area contributed by atoms with Gasteiger partial charge in [-0.05, 0) is 66.1 Å². The van der Waals surface area contributed by atoms with Gasteiger partial charge in [0.25, 0.3) is 5.91 Å². The molecule has 2 aromatic rings. The predicted octanol–water partition coefficient (Wildman–Crippen LogP) is 3.83. The van der Waals surface area contributed by atoms with Crippen molar-refractivity contribution < 1.29 is 17.9 Å². The molecule has 0 saturated carbocycles. The zero-order valence-electron chi connectivity index (χ0n) is 19.8. The van der Waals surface area contributed by atoms with Crippen LogP contribution in [0.25, 0.3) is 0 Å². The van der Waals surface area contributed by atoms with Gasteiger partial charge in [-0.2, -0.15) is 0 Å². The number of rotatable bonds is 7. The van der Waals surface area contributed by atoms with Crippen molar-refractivity contribution in [1.82, 2.24) is 9.62 Å². The van der Waals surface area contributed by atoms with E-state index in [0.717, 1.165) is 4.31 Å². The third-order valence-corrected chi connectivity index (χ3v) is 7.24. The molecule has 0 atom stereocenters. The highest BCUT2D eigenvalue weighted by Crippen LogP contribution is 2.28. The molecular weight excluding hydrogens is 412 g/mol. The predicted molar refractivity (Wildman–Crippen MR) is 125 cm³/mol. The molecule has 0 aliphatic heterocycles. The first kappa shape index (κ1) is 24.9. The monoisotopic (exact) mass is 446 g/mol. The number of nitrogens with one attached hydrogen (secondary N) is 1. The fourth-order valence-electron chi connectivity index (χ4n) is 3.44. The van der Waals surface area contributed by atoms with Crippen LogP contribution >= 0.6 is 0 Å². The van der Waals surface area contributed by atoms with Crippen molar-refractivity contribution in [2.24, 2.45) is 0 Å². The highest BCUT2D eigenvalue weighted by molar-refractivity contribution is 7.89. The van der Waals surface area contributed by atoms with Crippen LogP contribution in [-0.2, 0) is 21.9 Å². The Morgan fingerprint density at radius 1 is 1.06 bits per heavy atom. The van der Waals surface area contributed by atoms with E-state index in [0.29, 0.717) is 13.0 Å². The van der Waals surface area contributed by atoms with Crippen molar-refractivity contribution in [2.75, 3.05) is 27.7 Å². The Morgan fingerprint density at radius 3 is 2.13 bits per heavy atom. The summed E-state index contributed by atoms with van der Waals surface area (Å²) in [5.74, 6) is -0.116. The molecule has 1 N–H and O–H groups in total. The summed E-state index contributed by atoms with van der Waals surface area (Å²) in [4.78, 5) is 12.6. The zero-order chi connectivity index (χ0) is 23.6. The van der Waals surface area contributed by atoms with Gasteiger partial charge >= 0.3 is 0 Å². The van der Waals surface area contributed by atoms with Crippen molar-refractivity contribution in [3.05, 3.63) is 58.1 Å². The van der Waals surface area contributed by atoms with Crippen LogP contribution in [0.1, 0.15) is 53.4 Å². The first-order chi connectivity index (χ1) is 14.3. The van der Waals surface area contributed by atoms with Gasteiger partial charge in [-0.15, -0.1) is 0 Å². The molecule has 0 radical (unpaired) electrons. The van der Waals surface area contributed by atoms with Gasteiger partial charge in [0.05, 0.1) is 7.11 Å². The van der Waals surface area contributed by atoms with E-state index in [1.807, 2.05) is 0 Å². The van der Waals surface area contributed by atoms with Crippen molar-refractivity contribution in [1.29, 1.82) is 0 Å². The van der Waals surface area contributed by atoms with Crippen LogP contribution in [0.15, 0.2) is 35.2 Å². The highest BCUT2D eigenvalue weighted by atomic mass is 32.2. The second-order valence-corrected chi connectivity index (χ2v) is 11.1. The van der Waals surface area contributed by atoms with Gasteiger partial charge in [0.1, 0.15) is 10.6 Å². The summed E-state index contributed by atoms with van der Waals surface area (Å²) in [5.41, 5.74) is 5.30. The number of methoxy groups -OCH3 is 1. The fraction of sp³-hybridized carbons (Fsp3) is 0.458. The molecule has 170 valence electrons. The molecule has 0 spiro atoms. The average molecular weight is 447 g/mol. The van der Waals surface area contributed by atoms with Crippen LogP contribution in [0.3, 0.4) is 0 Å². The zero-order valence-corrected chi connectivity index (χ0v) is 20.6. The summed E-state index contributed by atoms with van der Waals surface area (Å²) < 4.78 is 31.4. The minimum Gasteiger partial charge on any atom is -0.495 e. The second kappa shape index (κ2) is 9.40. The lowest BCUT2D eigenvalue weighted by atomic mass is 9.83. The van der Waals surface area contributed by atoms with E-state index in [2.05, 4.69) is 52.1 Å². The SMILES string of the molecule is COc1ccc(C(=O)NCCc2c(C)cc(C(C)(C)C)cc2C)cc1S(=O)(=O)N(C)C. The number of ether oxygens (including phenoxy) is 1. The van der Waals surface area contributed by atoms with Crippen LogP contribution in [-0.4, -0.2) is 46.4 Å². The molecule has 0 aliphatic carbocycles. The first-order valence-corrected chi connectivity index (χ1v) is 11.7. The summed E-state index contributed by atoms with van der Waals surface area (Å²) in [6.07, 6.45) is 0.701. The molecule has 2 rings (SSSR count). The van der Waals surface area contributed by atoms with Gasteiger partial charge < -0.3 is 10.1 Å². The van der Waals surface area contributed by atoms with E-state index in [9.17, 15) is 13.2 Å². The molecule has 1 amide bonds. The second-order valence-electron chi connectivity index (χ2n) is 9.00. The third-order valence-electron chi connectivity index (χ3n) is 5.41. The van der Waals surface area contributed by atoms with Crippen molar-refractivity contribution >= 4 is 15.9 Å². The quantitative estimate of drug-likeness (QED) is 0.701. The van der Waals surface area contributed by atoms with E-state index in [4.69, 9.17) is 4.74 Å². The van der Waals surface area contributed by atoms with E-state index in [1.165, 1.54) is 55.6 Å². The molecule has 2 aromatic carbocycles. The molecule has 6 nitrogen and oxygen atoms in total. The van der Waals surface area contributed by atoms with Gasteiger partial charge in [-0.25, -0.2) is 12.7 Å². The third kappa shape index (κ3) is 5.66. The number of hydrogen-bond donors (Lipinski definition) is 1. The molecule has 0 saturated heterocycles. The van der Waals surface area contributed by atoms with E-state index in [-0.39, 0.29) is 27.5 Å². The maximum Gasteiger partial charge on any atom is 0.251 e. The Morgan fingerprint density at radius 2 is 1.65 bits per heavy atom. The molecule has 0 bridgehead atoms. The lowest BCUT2D eigenvalue weighted by molar-refractivity contribution is 0.0954. The van der Waals surface area contributed by atoms with Gasteiger partial charge in [-0.3, -0.25) is 4.79 Å². The molecule has 0 unspecified atom stereocenters. The van der Waals surface area contributed by atoms with Crippen LogP contribution in [0.5, 0.6) is 5.75 Å². The number of amides is 1. The summed E-state index contributed by atoms with van der Waals surface area (Å²) in [7, 11) is 0.547. The lowest BCUT2D eigenvalue weighted by Gasteiger charge is -2.22. The van der Waals surface area contributed by atoms with E-state index in [1.54, 1.807) is 6.07 Å². The average Bonchev–Trinajstić information content (AvgIpc) is 2.68. The largest absolute Gasteiger partial charge is 0.495 e. The molecule has 0 fully saturated rings. The minimum absolute atomic E-state index is 0.0305. The van der Waals surface area contributed by atoms with Gasteiger partial charge in [-0.1, -0.05) is 32.9 Å². The summed E-state index contributed by atoms with van der Waals surface area (Å²) >= 11 is 0. The van der Waals surface area contributed by atoms with Crippen LogP contribution in [0.4, 0.5) is 0 Å². The lowest BCUT2D eigenvalue weighted by Crippen LogP contribution is -2.27. The first-order valence-electron chi connectivity index (χ1n) is 10.3. The maximum absolute atomic E-state index is 12.7. The summed E-state index contributed by atoms with van der Waals surface area (Å²) in [6, 6.07) is 8.86. The van der Waals surface area contributed by atoms with Gasteiger partial charge in [0.15, 0.2) is 0 Å². The number of nitrogens with zero attached hydrogens (tertiary/aromatic N) is 1. The number of benzene rings is 2. The van der Waals surface area contributed by atoms with Crippen LogP contribution in [0.2, 0.25) is 0 Å². The van der Waals surface area contributed by atoms with Crippen molar-refractivity contribution in [3.8, 4) is 5.75 Å². The van der Waals surface area contributed by atoms with Crippen molar-refractivity contribution in [3.63, 3.8) is 0 Å². The number of sulfonamides is 1. The Labute approximate surface area is 186 Å². The van der Waals surface area contributed by atoms with Gasteiger partial charge in [0.2, 0.25) is 10.0 Å². The standard InChI is InChI=1S/C24H34N2O4S/c1-16-13-19(24(3,4)5)14-17(2)20(16)11-12-25-23(27)18-9-10-21(30-8)22(15-18)31(28,29)26(6)7/h9-10,13-15H,11-12H2,1-8H3,(H,25,27). The highest BCUT2D eigenvalue weighted by Gasteiger charge is 2.24. The normalized spacial score (nSPS) is 12.2. The summed E-state index contributed by atoms with van der Waals surface area (Å²) in [5, 5.41) is 2.90. The topological polar surface area (TPSA) is 75.7 Å². The summed E-state index contributed by atoms with van der Waals surface area (Å²) in [6.45, 7) is 11.2. The van der Waals surface area contributed by atoms with E-state index >= 15 is 0 Å². The number of carbonyl (C=O) groups is 1. The molecule has 7 heteroatoms. The van der Waals surface area contributed by atoms with Crippen molar-refractivity contribution in [2.45, 2.75) is 51.3 Å². The molecule has 0 aromatic heterocycles. The molecule has 0 aliphatic rings. The maximum atomic E-state index is 12.7. The Kier molecular flexibility index (Phi) is 7.55. The Bertz CT molecular complexity index is 1040.